The Labute approximate surface area is 377 Å². The van der Waals surface area contributed by atoms with Gasteiger partial charge < -0.3 is 40.1 Å². The number of carbonyl (C=O) groups is 4. The van der Waals surface area contributed by atoms with Crippen LogP contribution >= 0.6 is 0 Å². The van der Waals surface area contributed by atoms with Crippen molar-refractivity contribution in [3.63, 3.8) is 0 Å². The van der Waals surface area contributed by atoms with Crippen molar-refractivity contribution in [3.8, 4) is 11.5 Å². The summed E-state index contributed by atoms with van der Waals surface area (Å²) in [7, 11) is 4.79. The highest BCUT2D eigenvalue weighted by atomic mass is 16.5. The average molecular weight is 894 g/mol. The number of anilines is 2. The number of imidazole rings is 2. The molecule has 20 nitrogen and oxygen atoms in total. The Morgan fingerprint density at radius 1 is 0.785 bits per heavy atom. The van der Waals surface area contributed by atoms with Crippen molar-refractivity contribution in [2.24, 2.45) is 11.5 Å². The molecule has 2 aromatic carbocycles. The number of hydrogen-bond donors (Lipinski definition) is 4. The van der Waals surface area contributed by atoms with Gasteiger partial charge in [-0.1, -0.05) is 24.3 Å². The fourth-order valence-electron chi connectivity index (χ4n) is 7.22. The van der Waals surface area contributed by atoms with Crippen LogP contribution in [0.25, 0.3) is 22.1 Å². The number of benzene rings is 2. The third-order valence-electron chi connectivity index (χ3n) is 10.2. The lowest BCUT2D eigenvalue weighted by atomic mass is 10.1. The molecule has 6 N–H and O–H groups in total. The first-order valence-corrected chi connectivity index (χ1v) is 21.2. The number of aromatic nitrogens is 8. The topological polar surface area (TPSA) is 247 Å². The average Bonchev–Trinajstić information content (AvgIpc) is 4.10. The van der Waals surface area contributed by atoms with Gasteiger partial charge in [-0.05, 0) is 71.1 Å². The second-order valence-electron chi connectivity index (χ2n) is 14.5. The summed E-state index contributed by atoms with van der Waals surface area (Å²) in [6, 6.07) is 10.1. The maximum Gasteiger partial charge on any atom is 0.276 e. The molecule has 0 aliphatic carbocycles. The van der Waals surface area contributed by atoms with Gasteiger partial charge in [0, 0.05) is 64.0 Å². The van der Waals surface area contributed by atoms with Crippen molar-refractivity contribution in [2.45, 2.75) is 53.9 Å². The second-order valence-corrected chi connectivity index (χ2v) is 14.5. The van der Waals surface area contributed by atoms with Crippen LogP contribution < -0.4 is 31.6 Å². The number of hydrogen-bond acceptors (Lipinski definition) is 14. The van der Waals surface area contributed by atoms with Gasteiger partial charge in [0.25, 0.3) is 5.91 Å². The zero-order valence-corrected chi connectivity index (χ0v) is 38.0. The lowest BCUT2D eigenvalue weighted by Gasteiger charge is -2.25. The number of nitrogens with one attached hydrogen (secondary N) is 2. The number of allylic oxidation sites excluding steroid dienone is 2. The molecular formula is C45H59N13O7. The molecule has 0 atom stereocenters. The molecule has 1 saturated heterocycles. The van der Waals surface area contributed by atoms with Crippen molar-refractivity contribution in [3.05, 3.63) is 94.6 Å². The van der Waals surface area contributed by atoms with Gasteiger partial charge in [0.05, 0.1) is 42.7 Å². The van der Waals surface area contributed by atoms with Crippen LogP contribution in [0.15, 0.2) is 60.7 Å². The van der Waals surface area contributed by atoms with Crippen molar-refractivity contribution in [1.29, 1.82) is 0 Å². The predicted octanol–water partition coefficient (Wildman–Crippen LogP) is 4.25. The molecule has 2 amide bonds. The smallest absolute Gasteiger partial charge is 0.276 e. The number of methoxy groups -OCH3 is 1. The molecular weight excluding hydrogens is 835 g/mol. The molecule has 0 radical (unpaired) electrons. The molecule has 1 fully saturated rings. The molecule has 346 valence electrons. The van der Waals surface area contributed by atoms with E-state index in [-0.39, 0.29) is 24.0 Å². The molecule has 6 aromatic rings. The molecule has 20 heteroatoms. The summed E-state index contributed by atoms with van der Waals surface area (Å²) >= 11 is 0. The molecule has 4 aromatic heterocycles. The van der Waals surface area contributed by atoms with Crippen LogP contribution in [-0.4, -0.2) is 129 Å². The number of fused-ring (bicyclic) bond motifs is 2. The highest BCUT2D eigenvalue weighted by Gasteiger charge is 2.21. The summed E-state index contributed by atoms with van der Waals surface area (Å²) in [5, 5.41) is 14.6. The molecule has 1 aliphatic heterocycles. The van der Waals surface area contributed by atoms with E-state index in [2.05, 4.69) is 37.5 Å². The predicted molar refractivity (Wildman–Crippen MR) is 249 cm³/mol. The van der Waals surface area contributed by atoms with Crippen LogP contribution in [0.1, 0.15) is 66.9 Å². The number of morpholine rings is 1. The zero-order chi connectivity index (χ0) is 47.0. The van der Waals surface area contributed by atoms with Gasteiger partial charge in [-0.15, -0.1) is 0 Å². The van der Waals surface area contributed by atoms with E-state index in [1.807, 2.05) is 55.1 Å². The molecule has 7 rings (SSSR count). The standard InChI is InChI=1S/C37H44N10O6.C7H10N2O.CH5N/c1-5-47-29(18-24(2)43-47)35(50)42-37-41-27-19-25(23-48)20-30(51-4)32(27)46(37)12-7-6-11-45-33-28(40-36(45)39-3)21-26(34(38)49)22-31(33)53-15-9-8-10-44-13-16-52-17-14-44;1-3-9-7(5-10)4-6(2)8-9;1-2/h6-9,18-23H,5,10-17H2,1-4H3,(H2,38,49)(H,39,40)(H,41,42,50);4-5H,3H2,1-2H3;2H2,1H3/b7-6+,9-8-;;. The Bertz CT molecular complexity index is 2650. The molecule has 0 unspecified atom stereocenters. The number of carbonyl (C=O) groups excluding carboxylic acids is 4. The monoisotopic (exact) mass is 893 g/mol. The highest BCUT2D eigenvalue weighted by molar-refractivity contribution is 6.03. The van der Waals surface area contributed by atoms with E-state index >= 15 is 0 Å². The number of amides is 2. The molecule has 0 spiro atoms. The summed E-state index contributed by atoms with van der Waals surface area (Å²) in [4.78, 5) is 59.5. The number of ether oxygens (including phenoxy) is 3. The lowest BCUT2D eigenvalue weighted by Crippen LogP contribution is -2.36. The van der Waals surface area contributed by atoms with Crippen molar-refractivity contribution in [1.82, 2.24) is 43.6 Å². The number of nitrogens with zero attached hydrogens (tertiary/aromatic N) is 9. The first-order valence-electron chi connectivity index (χ1n) is 21.2. The molecule has 65 heavy (non-hydrogen) atoms. The molecule has 1 aliphatic rings. The van der Waals surface area contributed by atoms with Crippen LogP contribution in [-0.2, 0) is 30.9 Å². The Kier molecular flexibility index (Phi) is 17.7. The zero-order valence-electron chi connectivity index (χ0n) is 38.0. The van der Waals surface area contributed by atoms with Crippen LogP contribution in [0.5, 0.6) is 11.5 Å². The number of primary amides is 1. The fraction of sp³-hybridized carbons (Fsp3) is 0.378. The van der Waals surface area contributed by atoms with Gasteiger partial charge in [0.1, 0.15) is 46.8 Å². The number of nitrogens with two attached hydrogens (primary N) is 2. The lowest BCUT2D eigenvalue weighted by molar-refractivity contribution is 0.0434. The minimum Gasteiger partial charge on any atom is -0.494 e. The number of aryl methyl sites for hydroxylation is 4. The first kappa shape index (κ1) is 48.9. The van der Waals surface area contributed by atoms with Gasteiger partial charge in [0.15, 0.2) is 6.29 Å². The van der Waals surface area contributed by atoms with E-state index in [0.717, 1.165) is 63.4 Å². The Morgan fingerprint density at radius 3 is 2.02 bits per heavy atom. The van der Waals surface area contributed by atoms with Gasteiger partial charge in [-0.2, -0.15) is 10.2 Å². The van der Waals surface area contributed by atoms with E-state index in [1.165, 1.54) is 14.2 Å². The number of aldehydes is 2. The highest BCUT2D eigenvalue weighted by Crippen LogP contribution is 2.32. The molecule has 5 heterocycles. The third kappa shape index (κ3) is 11.9. The maximum atomic E-state index is 13.5. The van der Waals surface area contributed by atoms with Crippen LogP contribution in [0.3, 0.4) is 0 Å². The van der Waals surface area contributed by atoms with Crippen LogP contribution in [0.4, 0.5) is 11.9 Å². The normalized spacial score (nSPS) is 12.8. The van der Waals surface area contributed by atoms with E-state index < -0.39 is 5.91 Å². The molecule has 0 bridgehead atoms. The van der Waals surface area contributed by atoms with E-state index in [9.17, 15) is 19.2 Å². The fourth-order valence-corrected chi connectivity index (χ4v) is 7.22. The minimum atomic E-state index is -0.583. The Balaban J connectivity index is 0.000000579. The Morgan fingerprint density at radius 2 is 1.40 bits per heavy atom. The third-order valence-corrected chi connectivity index (χ3v) is 10.2. The second kappa shape index (κ2) is 23.5. The maximum absolute atomic E-state index is 13.5. The summed E-state index contributed by atoms with van der Waals surface area (Å²) in [5.74, 6) is 0.788. The van der Waals surface area contributed by atoms with Crippen molar-refractivity contribution in [2.75, 3.05) is 71.3 Å². The van der Waals surface area contributed by atoms with Crippen LogP contribution in [0.2, 0.25) is 0 Å². The summed E-state index contributed by atoms with van der Waals surface area (Å²) in [6.45, 7) is 13.8. The van der Waals surface area contributed by atoms with Gasteiger partial charge >= 0.3 is 0 Å². The first-order chi connectivity index (χ1) is 31.5. The Hall–Kier alpha value is -7.16. The summed E-state index contributed by atoms with van der Waals surface area (Å²) < 4.78 is 24.4. The quantitative estimate of drug-likeness (QED) is 0.0697. The van der Waals surface area contributed by atoms with Crippen LogP contribution in [0, 0.1) is 13.8 Å². The largest absolute Gasteiger partial charge is 0.494 e. The van der Waals surface area contributed by atoms with Gasteiger partial charge in [-0.25, -0.2) is 9.97 Å². The van der Waals surface area contributed by atoms with Gasteiger partial charge in [-0.3, -0.25) is 38.8 Å². The van der Waals surface area contributed by atoms with Crippen molar-refractivity contribution >= 4 is 58.4 Å². The van der Waals surface area contributed by atoms with Crippen molar-refractivity contribution < 1.29 is 33.4 Å². The van der Waals surface area contributed by atoms with E-state index in [4.69, 9.17) is 29.9 Å². The van der Waals surface area contributed by atoms with Gasteiger partial charge in [0.2, 0.25) is 17.8 Å². The SMILES string of the molecule is CCn1nc(C)cc1C(=O)Nc1nc2cc(C=O)cc(OC)c2n1C/C=C/Cn1c(NC)nc2cc(C(N)=O)cc(OC/C=C\CN3CCOCC3)c21.CCn1nc(C)cc1C=O.CN. The number of rotatable bonds is 18. The summed E-state index contributed by atoms with van der Waals surface area (Å²) in [6.07, 6.45) is 9.45. The summed E-state index contributed by atoms with van der Waals surface area (Å²) in [5.41, 5.74) is 15.9. The van der Waals surface area contributed by atoms with E-state index in [1.54, 1.807) is 52.8 Å². The molecule has 0 saturated carbocycles. The minimum absolute atomic E-state index is 0.276. The van der Waals surface area contributed by atoms with E-state index in [0.29, 0.717) is 76.1 Å².